The lowest BCUT2D eigenvalue weighted by Crippen LogP contribution is -2.32. The lowest BCUT2D eigenvalue weighted by molar-refractivity contribution is 0.188. The minimum Gasteiger partial charge on any atom is -0.508 e. The second-order valence-corrected chi connectivity index (χ2v) is 16.8. The molecule has 49 heavy (non-hydrogen) atoms. The molecule has 3 aromatic rings. The molecule has 0 unspecified atom stereocenters. The van der Waals surface area contributed by atoms with Crippen LogP contribution in [0.4, 0.5) is 9.59 Å². The fourth-order valence-electron chi connectivity index (χ4n) is 6.47. The summed E-state index contributed by atoms with van der Waals surface area (Å²) in [7, 11) is 0. The first-order valence-electron chi connectivity index (χ1n) is 17.3. The summed E-state index contributed by atoms with van der Waals surface area (Å²) in [6.07, 6.45) is 0. The Morgan fingerprint density at radius 1 is 0.469 bits per heavy atom. The van der Waals surface area contributed by atoms with Gasteiger partial charge in [-0.25, -0.2) is 9.59 Å². The zero-order chi connectivity index (χ0) is 36.1. The summed E-state index contributed by atoms with van der Waals surface area (Å²) >= 11 is 0. The van der Waals surface area contributed by atoms with Crippen LogP contribution in [0.25, 0.3) is 0 Å². The van der Waals surface area contributed by atoms with Crippen LogP contribution >= 0.6 is 0 Å². The van der Waals surface area contributed by atoms with Gasteiger partial charge in [0, 0.05) is 48.4 Å². The fraction of sp³-hybridized carbons (Fsp3) is 0.500. The third kappa shape index (κ3) is 7.92. The van der Waals surface area contributed by atoms with Gasteiger partial charge in [-0.05, 0) is 69.3 Å². The van der Waals surface area contributed by atoms with Gasteiger partial charge >= 0.3 is 12.1 Å². The molecule has 0 aliphatic carbocycles. The summed E-state index contributed by atoms with van der Waals surface area (Å²) in [5.41, 5.74) is 5.49. The van der Waals surface area contributed by atoms with E-state index < -0.39 is 0 Å². The van der Waals surface area contributed by atoms with Crippen LogP contribution in [0.3, 0.4) is 0 Å². The molecule has 0 spiro atoms. The molecule has 264 valence electrons. The van der Waals surface area contributed by atoms with Crippen LogP contribution in [-0.2, 0) is 42.4 Å². The molecule has 0 bridgehead atoms. The van der Waals surface area contributed by atoms with Crippen molar-refractivity contribution in [2.24, 2.45) is 0 Å². The van der Waals surface area contributed by atoms with Crippen molar-refractivity contribution < 1.29 is 24.9 Å². The van der Waals surface area contributed by atoms with E-state index >= 15 is 0 Å². The number of aromatic hydroxyl groups is 3. The summed E-state index contributed by atoms with van der Waals surface area (Å²) in [5.74, 6) is 0.436. The van der Waals surface area contributed by atoms with E-state index in [1.54, 1.807) is 31.7 Å². The van der Waals surface area contributed by atoms with Gasteiger partial charge in [0.25, 0.3) is 0 Å². The molecule has 0 atom stereocenters. The summed E-state index contributed by atoms with van der Waals surface area (Å²) in [6, 6.07) is 14.8. The van der Waals surface area contributed by atoms with Crippen molar-refractivity contribution in [2.75, 3.05) is 26.2 Å². The molecule has 2 saturated heterocycles. The molecule has 9 heteroatoms. The first kappa shape index (κ1) is 35.9. The van der Waals surface area contributed by atoms with Crippen LogP contribution in [0, 0.1) is 0 Å². The number of urea groups is 2. The number of rotatable bonds is 8. The van der Waals surface area contributed by atoms with Crippen LogP contribution in [-0.4, -0.2) is 73.2 Å². The minimum atomic E-state index is -0.232. The minimum absolute atomic E-state index is 0.0875. The van der Waals surface area contributed by atoms with E-state index in [2.05, 4.69) is 62.3 Å². The number of carbonyl (C=O) groups is 2. The van der Waals surface area contributed by atoms with Gasteiger partial charge in [-0.2, -0.15) is 0 Å². The van der Waals surface area contributed by atoms with Gasteiger partial charge in [0.1, 0.15) is 17.2 Å². The van der Waals surface area contributed by atoms with E-state index in [0.717, 1.165) is 16.7 Å². The molecule has 3 N–H and O–H groups in total. The van der Waals surface area contributed by atoms with Crippen molar-refractivity contribution >= 4 is 12.1 Å². The molecule has 2 aliphatic heterocycles. The quantitative estimate of drug-likeness (QED) is 0.229. The van der Waals surface area contributed by atoms with Gasteiger partial charge < -0.3 is 34.9 Å². The Hall–Kier alpha value is -4.40. The van der Waals surface area contributed by atoms with E-state index in [9.17, 15) is 24.9 Å². The van der Waals surface area contributed by atoms with E-state index in [4.69, 9.17) is 0 Å². The maximum absolute atomic E-state index is 13.6. The van der Waals surface area contributed by atoms with Crippen LogP contribution in [0.5, 0.6) is 17.2 Å². The Morgan fingerprint density at radius 2 is 0.755 bits per heavy atom. The first-order chi connectivity index (χ1) is 22.7. The number of carbonyl (C=O) groups excluding carboxylic acids is 2. The third-order valence-corrected chi connectivity index (χ3v) is 9.83. The largest absolute Gasteiger partial charge is 0.508 e. The topological polar surface area (TPSA) is 108 Å². The molecule has 2 aliphatic rings. The highest BCUT2D eigenvalue weighted by Crippen LogP contribution is 2.35. The Labute approximate surface area is 291 Å². The number of amides is 4. The van der Waals surface area contributed by atoms with Crippen molar-refractivity contribution in [2.45, 2.75) is 105 Å². The van der Waals surface area contributed by atoms with Crippen molar-refractivity contribution in [3.63, 3.8) is 0 Å². The van der Waals surface area contributed by atoms with Crippen LogP contribution in [0.2, 0.25) is 0 Å². The van der Waals surface area contributed by atoms with E-state index in [-0.39, 0.29) is 58.6 Å². The molecule has 2 fully saturated rings. The molecule has 4 amide bonds. The van der Waals surface area contributed by atoms with Crippen molar-refractivity contribution in [3.05, 3.63) is 87.5 Å². The Bertz CT molecular complexity index is 1610. The summed E-state index contributed by atoms with van der Waals surface area (Å²) in [6.45, 7) is 22.1. The molecule has 0 aromatic heterocycles. The Kier molecular flexibility index (Phi) is 9.63. The maximum atomic E-state index is 13.6. The van der Waals surface area contributed by atoms with E-state index in [1.165, 1.54) is 0 Å². The highest BCUT2D eigenvalue weighted by Gasteiger charge is 2.33. The average Bonchev–Trinajstić information content (AvgIpc) is 3.51. The number of benzene rings is 3. The van der Waals surface area contributed by atoms with Gasteiger partial charge in [-0.3, -0.25) is 0 Å². The van der Waals surface area contributed by atoms with Crippen LogP contribution in [0.1, 0.15) is 101 Å². The second-order valence-electron chi connectivity index (χ2n) is 16.8. The number of nitrogens with zero attached hydrogens (tertiary/aromatic N) is 4. The van der Waals surface area contributed by atoms with E-state index in [0.29, 0.717) is 61.5 Å². The molecule has 0 saturated carbocycles. The van der Waals surface area contributed by atoms with Gasteiger partial charge in [0.05, 0.1) is 26.2 Å². The molecular weight excluding hydrogens is 616 g/mol. The second kappa shape index (κ2) is 13.1. The zero-order valence-electron chi connectivity index (χ0n) is 30.7. The lowest BCUT2D eigenvalue weighted by Gasteiger charge is -2.26. The average molecular weight is 671 g/mol. The number of hydrogen-bond acceptors (Lipinski definition) is 5. The predicted octanol–water partition coefficient (Wildman–Crippen LogP) is 7.57. The van der Waals surface area contributed by atoms with Gasteiger partial charge in [-0.1, -0.05) is 74.4 Å². The molecule has 5 rings (SSSR count). The number of hydrogen-bond donors (Lipinski definition) is 3. The van der Waals surface area contributed by atoms with Crippen molar-refractivity contribution in [1.29, 1.82) is 0 Å². The first-order valence-corrected chi connectivity index (χ1v) is 17.3. The number of phenols is 3. The zero-order valence-corrected chi connectivity index (χ0v) is 30.7. The van der Waals surface area contributed by atoms with Gasteiger partial charge in [-0.15, -0.1) is 0 Å². The van der Waals surface area contributed by atoms with E-state index in [1.807, 2.05) is 36.4 Å². The maximum Gasteiger partial charge on any atom is 0.320 e. The highest BCUT2D eigenvalue weighted by atomic mass is 16.3. The normalized spacial score (nSPS) is 16.0. The smallest absolute Gasteiger partial charge is 0.320 e. The Morgan fingerprint density at radius 3 is 1.06 bits per heavy atom. The summed E-state index contributed by atoms with van der Waals surface area (Å²) in [4.78, 5) is 34.1. The van der Waals surface area contributed by atoms with Crippen LogP contribution < -0.4 is 0 Å². The summed E-state index contributed by atoms with van der Waals surface area (Å²) in [5, 5.41) is 32.7. The molecular formula is C40H54N4O5. The third-order valence-electron chi connectivity index (χ3n) is 9.83. The molecule has 3 aromatic carbocycles. The molecule has 2 heterocycles. The summed E-state index contributed by atoms with van der Waals surface area (Å²) < 4.78 is 0. The molecule has 0 radical (unpaired) electrons. The lowest BCUT2D eigenvalue weighted by atomic mass is 9.84. The van der Waals surface area contributed by atoms with Gasteiger partial charge in [0.15, 0.2) is 0 Å². The van der Waals surface area contributed by atoms with Crippen molar-refractivity contribution in [3.8, 4) is 17.2 Å². The predicted molar refractivity (Wildman–Crippen MR) is 193 cm³/mol. The van der Waals surface area contributed by atoms with Crippen molar-refractivity contribution in [1.82, 2.24) is 19.6 Å². The Balaban J connectivity index is 1.32. The highest BCUT2D eigenvalue weighted by molar-refractivity contribution is 5.77. The fourth-order valence-corrected chi connectivity index (χ4v) is 6.47. The van der Waals surface area contributed by atoms with Crippen LogP contribution in [0.15, 0.2) is 48.5 Å². The number of phenolic OH excluding ortho intramolecular Hbond substituents is 3. The standard InChI is InChI=1S/C40H54N4O5/c1-38(2,3)30-10-12-33(45)26(18-30)22-41-14-16-43(36(41)48)24-28-20-32(40(7,8)9)21-29(35(28)47)25-44-17-15-42(37(44)49)23-27-19-31(39(4,5)6)11-13-34(27)46/h10-13,18-21,45-47H,14-17,22-25H2,1-9H3. The monoisotopic (exact) mass is 670 g/mol. The SMILES string of the molecule is CC(C)(C)c1ccc(O)c(CN2CCN(Cc3cc(C(C)(C)C)cc(CN4CCN(Cc5cc(C(C)(C)C)ccc5O)C4=O)c3O)C2=O)c1. The molecule has 9 nitrogen and oxygen atoms in total. The van der Waals surface area contributed by atoms with Gasteiger partial charge in [0.2, 0.25) is 0 Å².